The van der Waals surface area contributed by atoms with Gasteiger partial charge in [0.15, 0.2) is 0 Å². The summed E-state index contributed by atoms with van der Waals surface area (Å²) in [6.07, 6.45) is -0.388. The molecule has 4 nitrogen and oxygen atoms in total. The first-order valence-corrected chi connectivity index (χ1v) is 10.0. The predicted octanol–water partition coefficient (Wildman–Crippen LogP) is 4.32. The SMILES string of the molecule is O=S(=O)(c1ccccc1N1CCO[C@@H](c2ccccc2Br)C1)C(F)(F)F. The fourth-order valence-corrected chi connectivity index (χ4v) is 4.38. The summed E-state index contributed by atoms with van der Waals surface area (Å²) in [6.45, 7) is 0.810. The van der Waals surface area contributed by atoms with Crippen molar-refractivity contribution in [2.45, 2.75) is 16.5 Å². The summed E-state index contributed by atoms with van der Waals surface area (Å²) in [6, 6.07) is 12.6. The molecule has 0 bridgehead atoms. The summed E-state index contributed by atoms with van der Waals surface area (Å²) in [5.74, 6) is 0. The first-order chi connectivity index (χ1) is 12.2. The van der Waals surface area contributed by atoms with Crippen LogP contribution in [-0.4, -0.2) is 33.6 Å². The lowest BCUT2D eigenvalue weighted by Crippen LogP contribution is -2.39. The van der Waals surface area contributed by atoms with Crippen LogP contribution < -0.4 is 4.90 Å². The van der Waals surface area contributed by atoms with Crippen molar-refractivity contribution in [3.8, 4) is 0 Å². The Morgan fingerprint density at radius 2 is 1.73 bits per heavy atom. The molecule has 1 heterocycles. The number of ether oxygens (including phenoxy) is 1. The molecule has 0 aromatic heterocycles. The van der Waals surface area contributed by atoms with E-state index in [-0.39, 0.29) is 24.9 Å². The fraction of sp³-hybridized carbons (Fsp3) is 0.294. The molecule has 0 N–H and O–H groups in total. The van der Waals surface area contributed by atoms with E-state index in [2.05, 4.69) is 15.9 Å². The van der Waals surface area contributed by atoms with Crippen molar-refractivity contribution in [3.63, 3.8) is 0 Å². The van der Waals surface area contributed by atoms with Crippen LogP contribution in [0.4, 0.5) is 18.9 Å². The molecule has 140 valence electrons. The number of morpholine rings is 1. The maximum absolute atomic E-state index is 13.0. The number of hydrogen-bond donors (Lipinski definition) is 0. The van der Waals surface area contributed by atoms with Crippen molar-refractivity contribution in [3.05, 3.63) is 58.6 Å². The normalized spacial score (nSPS) is 18.8. The van der Waals surface area contributed by atoms with Crippen LogP contribution in [0.5, 0.6) is 0 Å². The molecular formula is C17H15BrF3NO3S. The van der Waals surface area contributed by atoms with Crippen LogP contribution in [0.15, 0.2) is 57.9 Å². The Kier molecular flexibility index (Phi) is 5.32. The van der Waals surface area contributed by atoms with Crippen LogP contribution >= 0.6 is 15.9 Å². The number of halogens is 4. The summed E-state index contributed by atoms with van der Waals surface area (Å²) < 4.78 is 69.5. The van der Waals surface area contributed by atoms with Crippen LogP contribution in [0, 0.1) is 0 Å². The van der Waals surface area contributed by atoms with E-state index < -0.39 is 20.2 Å². The molecule has 2 aromatic rings. The van der Waals surface area contributed by atoms with Gasteiger partial charge in [-0.2, -0.15) is 13.2 Å². The molecule has 1 atom stereocenters. The number of alkyl halides is 3. The number of rotatable bonds is 3. The summed E-state index contributed by atoms with van der Waals surface area (Å²) in [7, 11) is -5.44. The second-order valence-electron chi connectivity index (χ2n) is 5.74. The Labute approximate surface area is 157 Å². The molecule has 1 aliphatic heterocycles. The zero-order valence-electron chi connectivity index (χ0n) is 13.4. The number of para-hydroxylation sites is 1. The number of benzene rings is 2. The number of hydrogen-bond acceptors (Lipinski definition) is 4. The summed E-state index contributed by atoms with van der Waals surface area (Å²) in [4.78, 5) is 0.881. The minimum atomic E-state index is -5.44. The molecule has 3 rings (SSSR count). The van der Waals surface area contributed by atoms with E-state index >= 15 is 0 Å². The van der Waals surface area contributed by atoms with Crippen molar-refractivity contribution < 1.29 is 26.3 Å². The van der Waals surface area contributed by atoms with Crippen LogP contribution in [0.3, 0.4) is 0 Å². The zero-order valence-corrected chi connectivity index (χ0v) is 15.8. The largest absolute Gasteiger partial charge is 0.501 e. The molecule has 2 aromatic carbocycles. The smallest absolute Gasteiger partial charge is 0.370 e. The molecule has 9 heteroatoms. The summed E-state index contributed by atoms with van der Waals surface area (Å²) >= 11 is 3.44. The Bertz CT molecular complexity index is 902. The highest BCUT2D eigenvalue weighted by Crippen LogP contribution is 2.38. The lowest BCUT2D eigenvalue weighted by atomic mass is 10.1. The van der Waals surface area contributed by atoms with E-state index in [1.54, 1.807) is 4.90 Å². The third-order valence-corrected chi connectivity index (χ3v) is 6.37. The van der Waals surface area contributed by atoms with Gasteiger partial charge >= 0.3 is 5.51 Å². The number of sulfone groups is 1. The third-order valence-electron chi connectivity index (χ3n) is 4.12. The van der Waals surface area contributed by atoms with E-state index in [1.807, 2.05) is 24.3 Å². The van der Waals surface area contributed by atoms with Gasteiger partial charge in [0, 0.05) is 17.6 Å². The maximum atomic E-state index is 13.0. The summed E-state index contributed by atoms with van der Waals surface area (Å²) in [5.41, 5.74) is -4.46. The van der Waals surface area contributed by atoms with Gasteiger partial charge in [-0.25, -0.2) is 8.42 Å². The van der Waals surface area contributed by atoms with Gasteiger partial charge in [-0.15, -0.1) is 0 Å². The fourth-order valence-electron chi connectivity index (χ4n) is 2.86. The van der Waals surface area contributed by atoms with Gasteiger partial charge in [0.25, 0.3) is 9.84 Å². The standard InChI is InChI=1S/C17H15BrF3NO3S/c18-13-6-2-1-5-12(13)15-11-22(9-10-25-15)14-7-3-4-8-16(14)26(23,24)17(19,20)21/h1-8,15H,9-11H2/t15-/m1/s1. The molecule has 0 aliphatic carbocycles. The van der Waals surface area contributed by atoms with Crippen molar-refractivity contribution in [1.29, 1.82) is 0 Å². The van der Waals surface area contributed by atoms with Crippen LogP contribution in [0.25, 0.3) is 0 Å². The zero-order chi connectivity index (χ0) is 18.9. The van der Waals surface area contributed by atoms with Gasteiger partial charge in [0.1, 0.15) is 6.10 Å². The lowest BCUT2D eigenvalue weighted by Gasteiger charge is -2.36. The molecule has 0 amide bonds. The van der Waals surface area contributed by atoms with Gasteiger partial charge in [0.05, 0.1) is 17.2 Å². The highest BCUT2D eigenvalue weighted by Gasteiger charge is 2.48. The van der Waals surface area contributed by atoms with E-state index in [0.717, 1.165) is 16.1 Å². The first kappa shape index (κ1) is 19.2. The molecule has 1 aliphatic rings. The number of anilines is 1. The van der Waals surface area contributed by atoms with E-state index in [9.17, 15) is 21.6 Å². The molecule has 1 fully saturated rings. The van der Waals surface area contributed by atoms with Gasteiger partial charge < -0.3 is 9.64 Å². The van der Waals surface area contributed by atoms with Crippen LogP contribution in [0.2, 0.25) is 0 Å². The lowest BCUT2D eigenvalue weighted by molar-refractivity contribution is -0.0435. The van der Waals surface area contributed by atoms with Gasteiger partial charge in [0.2, 0.25) is 0 Å². The minimum Gasteiger partial charge on any atom is -0.370 e. The molecular weight excluding hydrogens is 435 g/mol. The highest BCUT2D eigenvalue weighted by molar-refractivity contribution is 9.10. The average molecular weight is 450 g/mol. The van der Waals surface area contributed by atoms with E-state index in [1.165, 1.54) is 18.2 Å². The van der Waals surface area contributed by atoms with Crippen molar-refractivity contribution >= 4 is 31.5 Å². The molecule has 1 saturated heterocycles. The Morgan fingerprint density at radius 1 is 1.08 bits per heavy atom. The Balaban J connectivity index is 1.97. The average Bonchev–Trinajstić information content (AvgIpc) is 2.61. The minimum absolute atomic E-state index is 0.0326. The quantitative estimate of drug-likeness (QED) is 0.699. The van der Waals surface area contributed by atoms with E-state index in [0.29, 0.717) is 6.54 Å². The topological polar surface area (TPSA) is 46.6 Å². The van der Waals surface area contributed by atoms with Gasteiger partial charge in [-0.1, -0.05) is 46.3 Å². The van der Waals surface area contributed by atoms with Crippen LogP contribution in [-0.2, 0) is 14.6 Å². The van der Waals surface area contributed by atoms with Crippen LogP contribution in [0.1, 0.15) is 11.7 Å². The molecule has 0 unspecified atom stereocenters. The van der Waals surface area contributed by atoms with Crippen molar-refractivity contribution in [1.82, 2.24) is 0 Å². The molecule has 26 heavy (non-hydrogen) atoms. The molecule has 0 saturated carbocycles. The highest BCUT2D eigenvalue weighted by atomic mass is 79.9. The monoisotopic (exact) mass is 449 g/mol. The molecule has 0 radical (unpaired) electrons. The first-order valence-electron chi connectivity index (χ1n) is 7.73. The van der Waals surface area contributed by atoms with Gasteiger partial charge in [-0.05, 0) is 23.8 Å². The van der Waals surface area contributed by atoms with Crippen molar-refractivity contribution in [2.24, 2.45) is 0 Å². The summed E-state index contributed by atoms with van der Waals surface area (Å²) in [5, 5.41) is 0. The van der Waals surface area contributed by atoms with Crippen molar-refractivity contribution in [2.75, 3.05) is 24.6 Å². The third kappa shape index (κ3) is 3.60. The predicted molar refractivity (Wildman–Crippen MR) is 94.7 cm³/mol. The van der Waals surface area contributed by atoms with E-state index in [4.69, 9.17) is 4.74 Å². The maximum Gasteiger partial charge on any atom is 0.501 e. The number of nitrogens with zero attached hydrogens (tertiary/aromatic N) is 1. The van der Waals surface area contributed by atoms with Gasteiger partial charge in [-0.3, -0.25) is 0 Å². The Hall–Kier alpha value is -1.58. The molecule has 0 spiro atoms. The second-order valence-corrected chi connectivity index (χ2v) is 8.51. The Morgan fingerprint density at radius 3 is 2.42 bits per heavy atom. The second kappa shape index (κ2) is 7.21.